The Morgan fingerprint density at radius 1 is 1.03 bits per heavy atom. The van der Waals surface area contributed by atoms with Crippen LogP contribution in [0.3, 0.4) is 0 Å². The minimum absolute atomic E-state index is 0.0167. The van der Waals surface area contributed by atoms with E-state index >= 15 is 0 Å². The molecule has 1 unspecified atom stereocenters. The van der Waals surface area contributed by atoms with Crippen molar-refractivity contribution in [1.29, 1.82) is 0 Å². The molecule has 1 atom stereocenters. The molecule has 0 saturated carbocycles. The van der Waals surface area contributed by atoms with E-state index in [0.717, 1.165) is 11.1 Å². The van der Waals surface area contributed by atoms with Gasteiger partial charge in [0.05, 0.1) is 0 Å². The van der Waals surface area contributed by atoms with Crippen LogP contribution in [0.4, 0.5) is 4.79 Å². The van der Waals surface area contributed by atoms with Gasteiger partial charge in [0.25, 0.3) is 0 Å². The summed E-state index contributed by atoms with van der Waals surface area (Å²) in [5, 5.41) is 19.0. The Morgan fingerprint density at radius 2 is 1.58 bits per heavy atom. The van der Waals surface area contributed by atoms with Gasteiger partial charge < -0.3 is 24.7 Å². The van der Waals surface area contributed by atoms with Crippen LogP contribution in [0.2, 0.25) is 0 Å². The summed E-state index contributed by atoms with van der Waals surface area (Å²) in [4.78, 5) is 30.6. The summed E-state index contributed by atoms with van der Waals surface area (Å²) in [5.41, 5.74) is 1.66. The van der Waals surface area contributed by atoms with Crippen LogP contribution < -0.4 is 4.84 Å². The number of likely N-dealkylation sites (N-methyl/N-ethyl adjacent to an activating group) is 1. The molecule has 1 aromatic heterocycles. The lowest BCUT2D eigenvalue weighted by Crippen LogP contribution is -2.40. The maximum Gasteiger partial charge on any atom is 0.410 e. The zero-order valence-corrected chi connectivity index (χ0v) is 18.8. The van der Waals surface area contributed by atoms with Crippen molar-refractivity contribution in [3.63, 3.8) is 0 Å². The average molecular weight is 433 g/mol. The topological polar surface area (TPSA) is 101 Å². The van der Waals surface area contributed by atoms with Crippen molar-refractivity contribution in [2.45, 2.75) is 65.0 Å². The number of hydrogen-bond acceptors (Lipinski definition) is 6. The second-order valence-corrected chi connectivity index (χ2v) is 8.62. The maximum atomic E-state index is 12.2. The second-order valence-electron chi connectivity index (χ2n) is 8.62. The van der Waals surface area contributed by atoms with E-state index in [1.54, 1.807) is 11.9 Å². The lowest BCUT2D eigenvalue weighted by molar-refractivity contribution is -0.145. The Bertz CT molecular complexity index is 863. The Labute approximate surface area is 183 Å². The standard InChI is InChI=1S/C23H32N2O6/c1-16(24(5)22(29)30-23(2,3)4)15-18-11-9-17(10-12-18)7-6-8-21(28)31-25-19(26)13-14-20(25)27/h9-14,16,26-27H,6-8,15H2,1-5H3. The Kier molecular flexibility index (Phi) is 7.96. The molecule has 0 aliphatic rings. The highest BCUT2D eigenvalue weighted by atomic mass is 16.7. The van der Waals surface area contributed by atoms with E-state index in [0.29, 0.717) is 24.0 Å². The number of hydrogen-bond donors (Lipinski definition) is 2. The first-order valence-electron chi connectivity index (χ1n) is 10.3. The predicted molar refractivity (Wildman–Crippen MR) is 116 cm³/mol. The molecule has 0 spiro atoms. The summed E-state index contributed by atoms with van der Waals surface area (Å²) in [7, 11) is 1.74. The number of ether oxygens (including phenoxy) is 1. The number of aryl methyl sites for hydroxylation is 1. The minimum atomic E-state index is -0.544. The van der Waals surface area contributed by atoms with Crippen molar-refractivity contribution < 1.29 is 29.4 Å². The number of carbonyl (C=O) groups is 2. The summed E-state index contributed by atoms with van der Waals surface area (Å²) in [6, 6.07) is 10.5. The van der Waals surface area contributed by atoms with Gasteiger partial charge in [0.1, 0.15) is 5.60 Å². The maximum absolute atomic E-state index is 12.2. The van der Waals surface area contributed by atoms with Crippen molar-refractivity contribution in [2.75, 3.05) is 7.05 Å². The Balaban J connectivity index is 1.78. The third-order valence-corrected chi connectivity index (χ3v) is 4.73. The lowest BCUT2D eigenvalue weighted by atomic mass is 10.0. The fraction of sp³-hybridized carbons (Fsp3) is 0.478. The number of aromatic hydroxyl groups is 2. The van der Waals surface area contributed by atoms with Crippen LogP contribution in [0.1, 0.15) is 51.7 Å². The van der Waals surface area contributed by atoms with Gasteiger partial charge in [-0.25, -0.2) is 9.59 Å². The molecule has 2 rings (SSSR count). The highest BCUT2D eigenvalue weighted by molar-refractivity contribution is 5.70. The summed E-state index contributed by atoms with van der Waals surface area (Å²) in [6.07, 6.45) is 1.76. The molecule has 2 aromatic rings. The first-order valence-corrected chi connectivity index (χ1v) is 10.3. The highest BCUT2D eigenvalue weighted by Gasteiger charge is 2.23. The first kappa shape index (κ1) is 24.1. The molecular formula is C23H32N2O6. The zero-order valence-electron chi connectivity index (χ0n) is 18.8. The van der Waals surface area contributed by atoms with Crippen molar-refractivity contribution in [3.8, 4) is 11.8 Å². The van der Waals surface area contributed by atoms with Crippen LogP contribution in [0.5, 0.6) is 11.8 Å². The average Bonchev–Trinajstić information content (AvgIpc) is 2.99. The first-order chi connectivity index (χ1) is 14.5. The van der Waals surface area contributed by atoms with E-state index < -0.39 is 11.6 Å². The number of aromatic nitrogens is 1. The molecule has 1 amide bonds. The highest BCUT2D eigenvalue weighted by Crippen LogP contribution is 2.19. The van der Waals surface area contributed by atoms with Gasteiger partial charge in [-0.3, -0.25) is 0 Å². The summed E-state index contributed by atoms with van der Waals surface area (Å²) < 4.78 is 6.09. The number of benzene rings is 1. The molecule has 170 valence electrons. The number of amides is 1. The third kappa shape index (κ3) is 7.55. The van der Waals surface area contributed by atoms with Crippen molar-refractivity contribution in [2.24, 2.45) is 0 Å². The molecule has 0 radical (unpaired) electrons. The molecule has 0 saturated heterocycles. The van der Waals surface area contributed by atoms with E-state index in [4.69, 9.17) is 9.57 Å². The molecule has 0 aliphatic carbocycles. The van der Waals surface area contributed by atoms with Gasteiger partial charge in [0, 0.05) is 31.6 Å². The molecule has 31 heavy (non-hydrogen) atoms. The molecule has 0 aliphatic heterocycles. The molecule has 2 N–H and O–H groups in total. The largest absolute Gasteiger partial charge is 0.492 e. The molecule has 0 fully saturated rings. The van der Waals surface area contributed by atoms with E-state index in [1.807, 2.05) is 52.0 Å². The van der Waals surface area contributed by atoms with Gasteiger partial charge in [-0.05, 0) is 58.1 Å². The van der Waals surface area contributed by atoms with E-state index in [1.165, 1.54) is 12.1 Å². The van der Waals surface area contributed by atoms with Gasteiger partial charge >= 0.3 is 12.1 Å². The molecular weight excluding hydrogens is 400 g/mol. The van der Waals surface area contributed by atoms with Crippen molar-refractivity contribution in [1.82, 2.24) is 9.63 Å². The molecule has 1 aromatic carbocycles. The molecule has 8 nitrogen and oxygen atoms in total. The van der Waals surface area contributed by atoms with Crippen LogP contribution in [0.15, 0.2) is 36.4 Å². The van der Waals surface area contributed by atoms with Gasteiger partial charge in [0.2, 0.25) is 11.8 Å². The summed E-state index contributed by atoms with van der Waals surface area (Å²) >= 11 is 0. The van der Waals surface area contributed by atoms with Crippen molar-refractivity contribution >= 4 is 12.1 Å². The summed E-state index contributed by atoms with van der Waals surface area (Å²) in [5.74, 6) is -1.22. The van der Waals surface area contributed by atoms with Crippen LogP contribution in [-0.2, 0) is 22.4 Å². The van der Waals surface area contributed by atoms with Gasteiger partial charge in [-0.15, -0.1) is 4.73 Å². The predicted octanol–water partition coefficient (Wildman–Crippen LogP) is 3.68. The smallest absolute Gasteiger partial charge is 0.410 e. The van der Waals surface area contributed by atoms with Crippen LogP contribution in [0, 0.1) is 0 Å². The fourth-order valence-electron chi connectivity index (χ4n) is 2.91. The van der Waals surface area contributed by atoms with E-state index in [-0.39, 0.29) is 30.3 Å². The summed E-state index contributed by atoms with van der Waals surface area (Å²) in [6.45, 7) is 7.51. The van der Waals surface area contributed by atoms with E-state index in [9.17, 15) is 19.8 Å². The SMILES string of the molecule is CC(Cc1ccc(CCCC(=O)On2c(O)ccc2O)cc1)N(C)C(=O)OC(C)(C)C. The Hall–Kier alpha value is -3.16. The number of carbonyl (C=O) groups excluding carboxylic acids is 2. The quantitative estimate of drug-likeness (QED) is 0.660. The molecule has 8 heteroatoms. The normalized spacial score (nSPS) is 12.3. The van der Waals surface area contributed by atoms with E-state index in [2.05, 4.69) is 0 Å². The monoisotopic (exact) mass is 432 g/mol. The zero-order chi connectivity index (χ0) is 23.2. The lowest BCUT2D eigenvalue weighted by Gasteiger charge is -2.28. The fourth-order valence-corrected chi connectivity index (χ4v) is 2.91. The van der Waals surface area contributed by atoms with Crippen LogP contribution >= 0.6 is 0 Å². The van der Waals surface area contributed by atoms with Gasteiger partial charge in [-0.2, -0.15) is 0 Å². The Morgan fingerprint density at radius 3 is 2.13 bits per heavy atom. The van der Waals surface area contributed by atoms with Crippen LogP contribution in [-0.4, -0.2) is 50.6 Å². The van der Waals surface area contributed by atoms with Gasteiger partial charge in [-0.1, -0.05) is 24.3 Å². The van der Waals surface area contributed by atoms with Crippen LogP contribution in [0.25, 0.3) is 0 Å². The second kappa shape index (κ2) is 10.2. The van der Waals surface area contributed by atoms with Crippen molar-refractivity contribution in [3.05, 3.63) is 47.5 Å². The number of nitrogens with zero attached hydrogens (tertiary/aromatic N) is 2. The number of rotatable bonds is 8. The molecule has 1 heterocycles. The minimum Gasteiger partial charge on any atom is -0.492 e. The molecule has 0 bridgehead atoms. The van der Waals surface area contributed by atoms with Gasteiger partial charge in [0.15, 0.2) is 0 Å². The third-order valence-electron chi connectivity index (χ3n) is 4.73.